The summed E-state index contributed by atoms with van der Waals surface area (Å²) in [7, 11) is -0.550. The Morgan fingerprint density at radius 1 is 1.13 bits per heavy atom. The summed E-state index contributed by atoms with van der Waals surface area (Å²) in [6.45, 7) is 0.868. The smallest absolute Gasteiger partial charge is 0.243 e. The number of carbonyl (C=O) groups excluding carboxylic acids is 1. The van der Waals surface area contributed by atoms with Gasteiger partial charge in [-0.25, -0.2) is 8.42 Å². The van der Waals surface area contributed by atoms with Crippen LogP contribution in [0.25, 0.3) is 0 Å². The number of nitrogens with one attached hydrogen (secondary N) is 1. The molecule has 0 aromatic heterocycles. The van der Waals surface area contributed by atoms with Gasteiger partial charge in [-0.05, 0) is 54.8 Å². The normalized spacial score (nSPS) is 17.4. The van der Waals surface area contributed by atoms with Gasteiger partial charge in [0.15, 0.2) is 11.5 Å². The van der Waals surface area contributed by atoms with E-state index >= 15 is 0 Å². The highest BCUT2D eigenvalue weighted by Crippen LogP contribution is 2.28. The van der Waals surface area contributed by atoms with E-state index in [1.165, 1.54) is 16.4 Å². The number of nitrogens with zero attached hydrogens (tertiary/aromatic N) is 1. The molecule has 0 saturated carbocycles. The summed E-state index contributed by atoms with van der Waals surface area (Å²) in [5.74, 6) is 0.631. The van der Waals surface area contributed by atoms with Gasteiger partial charge in [0.1, 0.15) is 0 Å². The molecule has 3 rings (SSSR count). The first-order valence-corrected chi connectivity index (χ1v) is 11.4. The average Bonchev–Trinajstić information content (AvgIpc) is 2.77. The third-order valence-electron chi connectivity index (χ3n) is 5.12. The Bertz CT molecular complexity index is 995. The maximum Gasteiger partial charge on any atom is 0.243 e. The van der Waals surface area contributed by atoms with Gasteiger partial charge in [0.2, 0.25) is 15.9 Å². The minimum atomic E-state index is -3.66. The standard InChI is InChI=1S/C21H25ClN2O5S/c1-28-19-10-5-15(12-20(19)29-2)13-23-21(25)16-4-3-11-24(14-16)30(26,27)18-8-6-17(22)7-9-18/h5-10,12,16H,3-4,11,13-14H2,1-2H3,(H,23,25)/t16-/m1/s1. The number of hydrogen-bond donors (Lipinski definition) is 1. The van der Waals surface area contributed by atoms with E-state index in [1.54, 1.807) is 38.5 Å². The number of amides is 1. The monoisotopic (exact) mass is 452 g/mol. The van der Waals surface area contributed by atoms with Gasteiger partial charge in [0.05, 0.1) is 25.0 Å². The topological polar surface area (TPSA) is 84.9 Å². The number of sulfonamides is 1. The second-order valence-corrected chi connectivity index (χ2v) is 9.44. The fraction of sp³-hybridized carbons (Fsp3) is 0.381. The number of piperidine rings is 1. The number of halogens is 1. The predicted octanol–water partition coefficient (Wildman–Crippen LogP) is 3.07. The number of methoxy groups -OCH3 is 2. The molecule has 0 unspecified atom stereocenters. The fourth-order valence-electron chi connectivity index (χ4n) is 3.45. The molecular formula is C21H25ClN2O5S. The van der Waals surface area contributed by atoms with Crippen LogP contribution in [0.5, 0.6) is 11.5 Å². The predicted molar refractivity (Wildman–Crippen MR) is 114 cm³/mol. The van der Waals surface area contributed by atoms with E-state index in [1.807, 2.05) is 6.07 Å². The maximum atomic E-state index is 12.9. The Morgan fingerprint density at radius 3 is 2.50 bits per heavy atom. The Balaban J connectivity index is 1.64. The highest BCUT2D eigenvalue weighted by atomic mass is 35.5. The van der Waals surface area contributed by atoms with Gasteiger partial charge in [0.25, 0.3) is 0 Å². The van der Waals surface area contributed by atoms with Crippen LogP contribution in [0.2, 0.25) is 5.02 Å². The lowest BCUT2D eigenvalue weighted by atomic mass is 9.98. The van der Waals surface area contributed by atoms with Crippen molar-refractivity contribution in [2.45, 2.75) is 24.3 Å². The molecule has 1 aliphatic rings. The van der Waals surface area contributed by atoms with E-state index in [2.05, 4.69) is 5.32 Å². The van der Waals surface area contributed by atoms with Crippen molar-refractivity contribution in [1.29, 1.82) is 0 Å². The zero-order valence-corrected chi connectivity index (χ0v) is 18.5. The van der Waals surface area contributed by atoms with Crippen molar-refractivity contribution in [1.82, 2.24) is 9.62 Å². The first kappa shape index (κ1) is 22.4. The van der Waals surface area contributed by atoms with Crippen molar-refractivity contribution in [3.05, 3.63) is 53.1 Å². The van der Waals surface area contributed by atoms with Crippen molar-refractivity contribution in [2.75, 3.05) is 27.3 Å². The molecule has 1 amide bonds. The van der Waals surface area contributed by atoms with E-state index in [9.17, 15) is 13.2 Å². The molecule has 2 aromatic carbocycles. The zero-order chi connectivity index (χ0) is 21.7. The van der Waals surface area contributed by atoms with Crippen molar-refractivity contribution in [3.8, 4) is 11.5 Å². The van der Waals surface area contributed by atoms with E-state index in [-0.39, 0.29) is 17.3 Å². The van der Waals surface area contributed by atoms with Crippen molar-refractivity contribution in [3.63, 3.8) is 0 Å². The first-order chi connectivity index (χ1) is 14.3. The van der Waals surface area contributed by atoms with Crippen LogP contribution in [0.15, 0.2) is 47.4 Å². The molecule has 1 atom stereocenters. The molecule has 1 fully saturated rings. The molecule has 2 aromatic rings. The summed E-state index contributed by atoms with van der Waals surface area (Å²) in [6.07, 6.45) is 1.27. The molecule has 1 heterocycles. The molecule has 162 valence electrons. The van der Waals surface area contributed by atoms with Crippen LogP contribution in [0.4, 0.5) is 0 Å². The van der Waals surface area contributed by atoms with Gasteiger partial charge >= 0.3 is 0 Å². The highest BCUT2D eigenvalue weighted by Gasteiger charge is 2.33. The highest BCUT2D eigenvalue weighted by molar-refractivity contribution is 7.89. The Morgan fingerprint density at radius 2 is 1.83 bits per heavy atom. The van der Waals surface area contributed by atoms with Crippen LogP contribution in [0.3, 0.4) is 0 Å². The van der Waals surface area contributed by atoms with Crippen molar-refractivity contribution in [2.24, 2.45) is 5.92 Å². The molecule has 1 aliphatic heterocycles. The molecule has 30 heavy (non-hydrogen) atoms. The van der Waals surface area contributed by atoms with Gasteiger partial charge in [0, 0.05) is 24.7 Å². The largest absolute Gasteiger partial charge is 0.493 e. The summed E-state index contributed by atoms with van der Waals surface area (Å²) < 4.78 is 37.7. The number of rotatable bonds is 7. The molecule has 0 radical (unpaired) electrons. The minimum Gasteiger partial charge on any atom is -0.493 e. The van der Waals surface area contributed by atoms with Crippen LogP contribution in [-0.4, -0.2) is 45.9 Å². The number of hydrogen-bond acceptors (Lipinski definition) is 5. The molecule has 0 bridgehead atoms. The summed E-state index contributed by atoms with van der Waals surface area (Å²) in [5, 5.41) is 3.37. The fourth-order valence-corrected chi connectivity index (χ4v) is 5.10. The van der Waals surface area contributed by atoms with Gasteiger partial charge in [-0.2, -0.15) is 4.31 Å². The van der Waals surface area contributed by atoms with Crippen molar-refractivity contribution >= 4 is 27.5 Å². The third kappa shape index (κ3) is 5.06. The van der Waals surface area contributed by atoms with Gasteiger partial charge < -0.3 is 14.8 Å². The van der Waals surface area contributed by atoms with E-state index < -0.39 is 15.9 Å². The number of carbonyl (C=O) groups is 1. The SMILES string of the molecule is COc1ccc(CNC(=O)[C@@H]2CCCN(S(=O)(=O)c3ccc(Cl)cc3)C2)cc1OC. The quantitative estimate of drug-likeness (QED) is 0.697. The number of benzene rings is 2. The molecule has 1 N–H and O–H groups in total. The molecular weight excluding hydrogens is 428 g/mol. The van der Waals surface area contributed by atoms with Crippen LogP contribution < -0.4 is 14.8 Å². The van der Waals surface area contributed by atoms with E-state index in [4.69, 9.17) is 21.1 Å². The zero-order valence-electron chi connectivity index (χ0n) is 16.9. The molecule has 9 heteroatoms. The van der Waals surface area contributed by atoms with Crippen LogP contribution >= 0.6 is 11.6 Å². The molecule has 0 aliphatic carbocycles. The second kappa shape index (κ2) is 9.68. The van der Waals surface area contributed by atoms with Crippen LogP contribution in [0, 0.1) is 5.92 Å². The van der Waals surface area contributed by atoms with Crippen molar-refractivity contribution < 1.29 is 22.7 Å². The van der Waals surface area contributed by atoms with E-state index in [0.717, 1.165) is 5.56 Å². The van der Waals surface area contributed by atoms with E-state index in [0.29, 0.717) is 42.5 Å². The summed E-state index contributed by atoms with van der Waals surface area (Å²) in [4.78, 5) is 12.9. The second-order valence-electron chi connectivity index (χ2n) is 7.06. The molecule has 1 saturated heterocycles. The Hall–Kier alpha value is -2.29. The number of ether oxygens (including phenoxy) is 2. The lowest BCUT2D eigenvalue weighted by molar-refractivity contribution is -0.126. The summed E-state index contributed by atoms with van der Waals surface area (Å²) in [5.41, 5.74) is 0.863. The Kier molecular flexibility index (Phi) is 7.23. The van der Waals surface area contributed by atoms with Gasteiger partial charge in [-0.15, -0.1) is 0 Å². The molecule has 0 spiro atoms. The van der Waals surface area contributed by atoms with Gasteiger partial charge in [-0.3, -0.25) is 4.79 Å². The lowest BCUT2D eigenvalue weighted by Gasteiger charge is -2.31. The van der Waals surface area contributed by atoms with Gasteiger partial charge in [-0.1, -0.05) is 17.7 Å². The van der Waals surface area contributed by atoms with Crippen LogP contribution in [-0.2, 0) is 21.4 Å². The molecule has 7 nitrogen and oxygen atoms in total. The average molecular weight is 453 g/mol. The minimum absolute atomic E-state index is 0.155. The van der Waals surface area contributed by atoms with Crippen LogP contribution in [0.1, 0.15) is 18.4 Å². The summed E-state index contributed by atoms with van der Waals surface area (Å²) in [6, 6.07) is 11.5. The maximum absolute atomic E-state index is 12.9. The first-order valence-electron chi connectivity index (χ1n) is 9.59. The third-order valence-corrected chi connectivity index (χ3v) is 7.25. The Labute approximate surface area is 182 Å². The lowest BCUT2D eigenvalue weighted by Crippen LogP contribution is -2.45. The summed E-state index contributed by atoms with van der Waals surface area (Å²) >= 11 is 5.86.